The number of rotatable bonds is 6. The third-order valence-electron chi connectivity index (χ3n) is 4.03. The first kappa shape index (κ1) is 18.7. The van der Waals surface area contributed by atoms with Crippen LogP contribution >= 0.6 is 0 Å². The zero-order chi connectivity index (χ0) is 19.9. The van der Waals surface area contributed by atoms with Gasteiger partial charge in [-0.05, 0) is 22.3 Å². The van der Waals surface area contributed by atoms with Crippen LogP contribution in [0.5, 0.6) is 0 Å². The van der Waals surface area contributed by atoms with Crippen LogP contribution in [0.4, 0.5) is 11.4 Å². The molecule has 6 heteroatoms. The summed E-state index contributed by atoms with van der Waals surface area (Å²) in [7, 11) is 0. The number of nitrogens with zero attached hydrogens (tertiary/aromatic N) is 2. The number of hydrogen-bond donors (Lipinski definition) is 0. The van der Waals surface area contributed by atoms with E-state index in [-0.39, 0.29) is 11.4 Å². The van der Waals surface area contributed by atoms with Crippen LogP contribution in [0.15, 0.2) is 72.8 Å². The molecule has 28 heavy (non-hydrogen) atoms. The van der Waals surface area contributed by atoms with Gasteiger partial charge in [0.1, 0.15) is 0 Å². The van der Waals surface area contributed by atoms with Crippen LogP contribution in [0.2, 0.25) is 0 Å². The Kier molecular flexibility index (Phi) is 5.72. The summed E-state index contributed by atoms with van der Waals surface area (Å²) in [6, 6.07) is 20.6. The van der Waals surface area contributed by atoms with Crippen molar-refractivity contribution in [3.05, 3.63) is 115 Å². The summed E-state index contributed by atoms with van der Waals surface area (Å²) in [5.74, 6) is 0. The smallest absolute Gasteiger partial charge is 0.258 e. The Hall–Kier alpha value is -4.06. The van der Waals surface area contributed by atoms with Gasteiger partial charge in [0.15, 0.2) is 0 Å². The summed E-state index contributed by atoms with van der Waals surface area (Å²) in [6.07, 6.45) is 7.40. The molecule has 0 spiro atoms. The van der Waals surface area contributed by atoms with E-state index < -0.39 is 9.85 Å². The van der Waals surface area contributed by atoms with Crippen molar-refractivity contribution < 1.29 is 9.85 Å². The van der Waals surface area contributed by atoms with E-state index in [2.05, 4.69) is 0 Å². The van der Waals surface area contributed by atoms with E-state index in [1.807, 2.05) is 48.6 Å². The predicted octanol–water partition coefficient (Wildman–Crippen LogP) is 5.84. The topological polar surface area (TPSA) is 86.3 Å². The lowest BCUT2D eigenvalue weighted by molar-refractivity contribution is -0.385. The van der Waals surface area contributed by atoms with Crippen LogP contribution in [0, 0.1) is 20.2 Å². The lowest BCUT2D eigenvalue weighted by Crippen LogP contribution is -1.87. The van der Waals surface area contributed by atoms with Gasteiger partial charge >= 0.3 is 0 Å². The number of hydrogen-bond acceptors (Lipinski definition) is 4. The molecular weight excluding hydrogens is 356 g/mol. The van der Waals surface area contributed by atoms with E-state index in [1.165, 1.54) is 24.3 Å². The first-order chi connectivity index (χ1) is 13.5. The van der Waals surface area contributed by atoms with E-state index in [0.29, 0.717) is 0 Å². The normalized spacial score (nSPS) is 11.1. The second-order valence-electron chi connectivity index (χ2n) is 6.04. The van der Waals surface area contributed by atoms with Gasteiger partial charge < -0.3 is 0 Å². The van der Waals surface area contributed by atoms with E-state index in [4.69, 9.17) is 0 Å². The van der Waals surface area contributed by atoms with Gasteiger partial charge in [-0.3, -0.25) is 20.2 Å². The first-order valence-corrected chi connectivity index (χ1v) is 8.46. The van der Waals surface area contributed by atoms with Crippen LogP contribution in [-0.4, -0.2) is 9.85 Å². The van der Waals surface area contributed by atoms with Crippen molar-refractivity contribution in [2.75, 3.05) is 0 Å². The molecule has 0 aliphatic heterocycles. The average Bonchev–Trinajstić information content (AvgIpc) is 2.72. The molecule has 0 saturated carbocycles. The van der Waals surface area contributed by atoms with Gasteiger partial charge in [-0.2, -0.15) is 0 Å². The van der Waals surface area contributed by atoms with Gasteiger partial charge in [-0.25, -0.2) is 0 Å². The summed E-state index contributed by atoms with van der Waals surface area (Å²) < 4.78 is 0. The fourth-order valence-corrected chi connectivity index (χ4v) is 2.59. The van der Waals surface area contributed by atoms with Crippen LogP contribution < -0.4 is 0 Å². The lowest BCUT2D eigenvalue weighted by Gasteiger charge is -1.98. The highest BCUT2D eigenvalue weighted by Crippen LogP contribution is 2.18. The molecule has 0 heterocycles. The molecule has 6 nitrogen and oxygen atoms in total. The molecule has 0 radical (unpaired) electrons. The second kappa shape index (κ2) is 8.55. The Morgan fingerprint density at radius 3 is 1.25 bits per heavy atom. The molecule has 0 N–H and O–H groups in total. The molecule has 0 atom stereocenters. The minimum atomic E-state index is -0.417. The Balaban J connectivity index is 1.70. The predicted molar refractivity (Wildman–Crippen MR) is 110 cm³/mol. The lowest BCUT2D eigenvalue weighted by atomic mass is 10.1. The summed E-state index contributed by atoms with van der Waals surface area (Å²) in [5, 5.41) is 21.6. The van der Waals surface area contributed by atoms with Crippen molar-refractivity contribution in [3.63, 3.8) is 0 Å². The van der Waals surface area contributed by atoms with E-state index >= 15 is 0 Å². The maximum atomic E-state index is 10.8. The first-order valence-electron chi connectivity index (χ1n) is 8.46. The molecule has 0 bridgehead atoms. The molecule has 0 fully saturated rings. The van der Waals surface area contributed by atoms with E-state index in [9.17, 15) is 20.2 Å². The second-order valence-corrected chi connectivity index (χ2v) is 6.04. The SMILES string of the molecule is O=[N+]([O-])c1cccc(C=Cc2ccc(C=Cc3cccc([N+](=O)[O-])c3)cc2)c1. The molecule has 3 aromatic carbocycles. The van der Waals surface area contributed by atoms with Crippen LogP contribution in [0.1, 0.15) is 22.3 Å². The molecule has 0 unspecified atom stereocenters. The fraction of sp³-hybridized carbons (Fsp3) is 0. The van der Waals surface area contributed by atoms with Gasteiger partial charge in [0.05, 0.1) is 9.85 Å². The molecule has 0 saturated heterocycles. The molecular formula is C22H16N2O4. The molecule has 0 aromatic heterocycles. The average molecular weight is 372 g/mol. The number of nitro benzene ring substituents is 2. The van der Waals surface area contributed by atoms with Crippen LogP contribution in [0.25, 0.3) is 24.3 Å². The van der Waals surface area contributed by atoms with Gasteiger partial charge in [0.2, 0.25) is 0 Å². The van der Waals surface area contributed by atoms with Crippen molar-refractivity contribution >= 4 is 35.7 Å². The largest absolute Gasteiger partial charge is 0.270 e. The Bertz CT molecular complexity index is 983. The quantitative estimate of drug-likeness (QED) is 0.309. The Morgan fingerprint density at radius 2 is 0.893 bits per heavy atom. The summed E-state index contributed by atoms with van der Waals surface area (Å²) in [4.78, 5) is 20.8. The number of non-ortho nitro benzene ring substituents is 2. The fourth-order valence-electron chi connectivity index (χ4n) is 2.59. The third kappa shape index (κ3) is 4.98. The summed E-state index contributed by atoms with van der Waals surface area (Å²) in [5.41, 5.74) is 3.54. The summed E-state index contributed by atoms with van der Waals surface area (Å²) in [6.45, 7) is 0. The van der Waals surface area contributed by atoms with Crippen molar-refractivity contribution in [2.45, 2.75) is 0 Å². The molecule has 3 rings (SSSR count). The van der Waals surface area contributed by atoms with Crippen LogP contribution in [0.3, 0.4) is 0 Å². The molecule has 0 aliphatic carbocycles. The number of benzene rings is 3. The van der Waals surface area contributed by atoms with Crippen LogP contribution in [-0.2, 0) is 0 Å². The van der Waals surface area contributed by atoms with Crippen molar-refractivity contribution in [2.24, 2.45) is 0 Å². The minimum Gasteiger partial charge on any atom is -0.258 e. The maximum Gasteiger partial charge on any atom is 0.270 e. The van der Waals surface area contributed by atoms with Gasteiger partial charge in [-0.15, -0.1) is 0 Å². The molecule has 138 valence electrons. The zero-order valence-electron chi connectivity index (χ0n) is 14.8. The Morgan fingerprint density at radius 1 is 0.536 bits per heavy atom. The highest BCUT2D eigenvalue weighted by atomic mass is 16.6. The van der Waals surface area contributed by atoms with Crippen molar-refractivity contribution in [1.82, 2.24) is 0 Å². The highest BCUT2D eigenvalue weighted by Gasteiger charge is 2.04. The zero-order valence-corrected chi connectivity index (χ0v) is 14.8. The standard InChI is InChI=1S/C22H16N2O4/c25-23(26)21-5-1-3-19(15-21)13-11-17-7-9-18(10-8-17)12-14-20-4-2-6-22(16-20)24(27)28/h1-16H. The molecule has 3 aromatic rings. The van der Waals surface area contributed by atoms with Crippen molar-refractivity contribution in [3.8, 4) is 0 Å². The van der Waals surface area contributed by atoms with Gasteiger partial charge in [0.25, 0.3) is 11.4 Å². The Labute approximate surface area is 161 Å². The third-order valence-corrected chi connectivity index (χ3v) is 4.03. The van der Waals surface area contributed by atoms with Crippen molar-refractivity contribution in [1.29, 1.82) is 0 Å². The van der Waals surface area contributed by atoms with Gasteiger partial charge in [-0.1, -0.05) is 72.8 Å². The minimum absolute atomic E-state index is 0.0591. The number of nitro groups is 2. The maximum absolute atomic E-state index is 10.8. The van der Waals surface area contributed by atoms with E-state index in [0.717, 1.165) is 22.3 Å². The molecule has 0 amide bonds. The van der Waals surface area contributed by atoms with E-state index in [1.54, 1.807) is 24.3 Å². The highest BCUT2D eigenvalue weighted by molar-refractivity contribution is 5.73. The van der Waals surface area contributed by atoms with Gasteiger partial charge in [0, 0.05) is 24.3 Å². The monoisotopic (exact) mass is 372 g/mol. The molecule has 0 aliphatic rings. The summed E-state index contributed by atoms with van der Waals surface area (Å²) >= 11 is 0.